The van der Waals surface area contributed by atoms with E-state index >= 15 is 0 Å². The van der Waals surface area contributed by atoms with Gasteiger partial charge in [0.25, 0.3) is 0 Å². The Morgan fingerprint density at radius 3 is 2.36 bits per heavy atom. The summed E-state index contributed by atoms with van der Waals surface area (Å²) in [5, 5.41) is 9.55. The Kier molecular flexibility index (Phi) is 4.71. The molecule has 1 aromatic carbocycles. The number of para-hydroxylation sites is 2. The molecule has 0 spiro atoms. The van der Waals surface area contributed by atoms with Gasteiger partial charge in [-0.05, 0) is 32.9 Å². The predicted octanol–water partition coefficient (Wildman–Crippen LogP) is 0.958. The summed E-state index contributed by atoms with van der Waals surface area (Å²) in [6.45, 7) is 5.67. The van der Waals surface area contributed by atoms with E-state index in [1.807, 2.05) is 38.1 Å². The molecule has 1 unspecified atom stereocenters. The van der Waals surface area contributed by atoms with Crippen molar-refractivity contribution in [1.82, 2.24) is 14.0 Å². The first-order valence-corrected chi connectivity index (χ1v) is 7.44. The zero-order valence-electron chi connectivity index (χ0n) is 13.5. The molecular formula is C16H23N3O3. The van der Waals surface area contributed by atoms with Crippen LogP contribution in [0.15, 0.2) is 29.1 Å². The molecule has 0 aliphatic carbocycles. The predicted molar refractivity (Wildman–Crippen MR) is 85.7 cm³/mol. The molecule has 0 aliphatic rings. The van der Waals surface area contributed by atoms with E-state index in [2.05, 4.69) is 0 Å². The average molecular weight is 305 g/mol. The van der Waals surface area contributed by atoms with Crippen LogP contribution in [0, 0.1) is 0 Å². The molecule has 2 aromatic rings. The van der Waals surface area contributed by atoms with Gasteiger partial charge in [0.15, 0.2) is 0 Å². The molecule has 0 bridgehead atoms. The van der Waals surface area contributed by atoms with E-state index in [4.69, 9.17) is 0 Å². The highest BCUT2D eigenvalue weighted by Crippen LogP contribution is 2.12. The molecule has 6 heteroatoms. The lowest BCUT2D eigenvalue weighted by molar-refractivity contribution is -0.135. The summed E-state index contributed by atoms with van der Waals surface area (Å²) in [4.78, 5) is 26.5. The molecule has 1 atom stereocenters. The van der Waals surface area contributed by atoms with Crippen molar-refractivity contribution in [3.8, 4) is 0 Å². The van der Waals surface area contributed by atoms with Crippen molar-refractivity contribution in [2.75, 3.05) is 6.54 Å². The topological polar surface area (TPSA) is 67.5 Å². The van der Waals surface area contributed by atoms with Crippen molar-refractivity contribution >= 4 is 16.9 Å². The van der Waals surface area contributed by atoms with Gasteiger partial charge in [0.2, 0.25) is 5.91 Å². The number of fused-ring (bicyclic) bond motifs is 1. The molecule has 0 saturated heterocycles. The van der Waals surface area contributed by atoms with Gasteiger partial charge >= 0.3 is 5.69 Å². The van der Waals surface area contributed by atoms with Crippen LogP contribution in [0.2, 0.25) is 0 Å². The van der Waals surface area contributed by atoms with Crippen LogP contribution < -0.4 is 5.69 Å². The summed E-state index contributed by atoms with van der Waals surface area (Å²) in [5.74, 6) is -0.172. The Morgan fingerprint density at radius 2 is 1.82 bits per heavy atom. The lowest BCUT2D eigenvalue weighted by Crippen LogP contribution is -2.44. The number of imidazole rings is 1. The number of benzene rings is 1. The summed E-state index contributed by atoms with van der Waals surface area (Å²) in [6.07, 6.45) is -0.601. The maximum atomic E-state index is 12.5. The molecule has 0 saturated carbocycles. The number of hydrogen-bond acceptors (Lipinski definition) is 3. The van der Waals surface area contributed by atoms with Crippen molar-refractivity contribution in [2.24, 2.45) is 7.05 Å². The number of aryl methyl sites for hydroxylation is 1. The highest BCUT2D eigenvalue weighted by molar-refractivity contribution is 5.81. The van der Waals surface area contributed by atoms with Crippen molar-refractivity contribution in [2.45, 2.75) is 39.5 Å². The fourth-order valence-corrected chi connectivity index (χ4v) is 2.63. The van der Waals surface area contributed by atoms with Gasteiger partial charge in [0.1, 0.15) is 6.54 Å². The molecule has 1 N–H and O–H groups in total. The minimum Gasteiger partial charge on any atom is -0.392 e. The summed E-state index contributed by atoms with van der Waals surface area (Å²) in [6, 6.07) is 7.36. The number of aromatic nitrogens is 2. The Labute approximate surface area is 129 Å². The Balaban J connectivity index is 2.36. The van der Waals surface area contributed by atoms with Crippen molar-refractivity contribution in [3.63, 3.8) is 0 Å². The van der Waals surface area contributed by atoms with E-state index in [-0.39, 0.29) is 30.7 Å². The Bertz CT molecular complexity index is 728. The number of aliphatic hydroxyl groups is 1. The van der Waals surface area contributed by atoms with Crippen LogP contribution in [0.5, 0.6) is 0 Å². The Morgan fingerprint density at radius 1 is 1.23 bits per heavy atom. The lowest BCUT2D eigenvalue weighted by Gasteiger charge is -2.28. The van der Waals surface area contributed by atoms with Crippen LogP contribution in [0.4, 0.5) is 0 Å². The summed E-state index contributed by atoms with van der Waals surface area (Å²) < 4.78 is 3.02. The van der Waals surface area contributed by atoms with Gasteiger partial charge in [-0.1, -0.05) is 12.1 Å². The highest BCUT2D eigenvalue weighted by Gasteiger charge is 2.21. The molecular weight excluding hydrogens is 282 g/mol. The van der Waals surface area contributed by atoms with Gasteiger partial charge in [-0.3, -0.25) is 13.9 Å². The number of aliphatic hydroxyl groups excluding tert-OH is 1. The van der Waals surface area contributed by atoms with E-state index in [1.54, 1.807) is 18.9 Å². The first-order valence-electron chi connectivity index (χ1n) is 7.44. The number of nitrogens with zero attached hydrogens (tertiary/aromatic N) is 3. The number of hydrogen-bond donors (Lipinski definition) is 1. The number of amides is 1. The van der Waals surface area contributed by atoms with Crippen LogP contribution in [-0.2, 0) is 18.4 Å². The molecule has 22 heavy (non-hydrogen) atoms. The van der Waals surface area contributed by atoms with Gasteiger partial charge in [0, 0.05) is 19.6 Å². The van der Waals surface area contributed by atoms with E-state index in [1.165, 1.54) is 9.13 Å². The highest BCUT2D eigenvalue weighted by atomic mass is 16.3. The largest absolute Gasteiger partial charge is 0.392 e. The second kappa shape index (κ2) is 6.36. The minimum atomic E-state index is -0.601. The monoisotopic (exact) mass is 305 g/mol. The van der Waals surface area contributed by atoms with Crippen LogP contribution in [-0.4, -0.2) is 43.7 Å². The fraction of sp³-hybridized carbons (Fsp3) is 0.500. The van der Waals surface area contributed by atoms with Crippen LogP contribution in [0.25, 0.3) is 11.0 Å². The lowest BCUT2D eigenvalue weighted by atomic mass is 10.2. The molecule has 1 amide bonds. The number of carbonyl (C=O) groups is 1. The molecule has 0 radical (unpaired) electrons. The third-order valence-electron chi connectivity index (χ3n) is 3.75. The average Bonchev–Trinajstić information content (AvgIpc) is 2.70. The summed E-state index contributed by atoms with van der Waals surface area (Å²) in [5.41, 5.74) is 1.33. The van der Waals surface area contributed by atoms with Crippen molar-refractivity contribution < 1.29 is 9.90 Å². The van der Waals surface area contributed by atoms with Crippen LogP contribution in [0.3, 0.4) is 0 Å². The normalized spacial score (nSPS) is 12.8. The van der Waals surface area contributed by atoms with E-state index in [0.29, 0.717) is 0 Å². The molecule has 2 rings (SSSR count). The van der Waals surface area contributed by atoms with Gasteiger partial charge in [-0.2, -0.15) is 0 Å². The van der Waals surface area contributed by atoms with Gasteiger partial charge in [-0.25, -0.2) is 4.79 Å². The van der Waals surface area contributed by atoms with E-state index in [0.717, 1.165) is 11.0 Å². The molecule has 0 aliphatic heterocycles. The standard InChI is InChI=1S/C16H23N3O3/c1-11(2)18(9-12(3)20)15(21)10-19-14-8-6-5-7-13(14)17(4)16(19)22/h5-8,11-12,20H,9-10H2,1-4H3. The second-order valence-electron chi connectivity index (χ2n) is 5.91. The molecule has 0 fully saturated rings. The SMILES string of the molecule is CC(O)CN(C(=O)Cn1c(=O)n(C)c2ccccc21)C(C)C. The third-order valence-corrected chi connectivity index (χ3v) is 3.75. The van der Waals surface area contributed by atoms with E-state index in [9.17, 15) is 14.7 Å². The zero-order valence-corrected chi connectivity index (χ0v) is 13.5. The van der Waals surface area contributed by atoms with Gasteiger partial charge in [0.05, 0.1) is 17.1 Å². The van der Waals surface area contributed by atoms with Crippen LogP contribution in [0.1, 0.15) is 20.8 Å². The second-order valence-corrected chi connectivity index (χ2v) is 5.91. The van der Waals surface area contributed by atoms with Crippen molar-refractivity contribution in [1.29, 1.82) is 0 Å². The smallest absolute Gasteiger partial charge is 0.329 e. The van der Waals surface area contributed by atoms with E-state index < -0.39 is 6.10 Å². The zero-order chi connectivity index (χ0) is 16.4. The van der Waals surface area contributed by atoms with Gasteiger partial charge in [-0.15, -0.1) is 0 Å². The number of carbonyl (C=O) groups excluding carboxylic acids is 1. The minimum absolute atomic E-state index is 0.0227. The first-order chi connectivity index (χ1) is 10.3. The fourth-order valence-electron chi connectivity index (χ4n) is 2.63. The molecule has 6 nitrogen and oxygen atoms in total. The maximum absolute atomic E-state index is 12.5. The summed E-state index contributed by atoms with van der Waals surface area (Å²) >= 11 is 0. The molecule has 1 heterocycles. The Hall–Kier alpha value is -2.08. The first kappa shape index (κ1) is 16.3. The summed E-state index contributed by atoms with van der Waals surface area (Å²) in [7, 11) is 1.70. The maximum Gasteiger partial charge on any atom is 0.329 e. The number of rotatable bonds is 5. The quantitative estimate of drug-likeness (QED) is 0.894. The van der Waals surface area contributed by atoms with Crippen LogP contribution >= 0.6 is 0 Å². The molecule has 120 valence electrons. The third kappa shape index (κ3) is 3.06. The van der Waals surface area contributed by atoms with Crippen molar-refractivity contribution in [3.05, 3.63) is 34.7 Å². The molecule has 1 aromatic heterocycles. The van der Waals surface area contributed by atoms with Gasteiger partial charge < -0.3 is 10.0 Å².